The van der Waals surface area contributed by atoms with E-state index in [0.717, 1.165) is 53.4 Å². The Bertz CT molecular complexity index is 1320. The summed E-state index contributed by atoms with van der Waals surface area (Å²) in [7, 11) is 0. The van der Waals surface area contributed by atoms with Crippen LogP contribution in [0.25, 0.3) is 17.8 Å². The van der Waals surface area contributed by atoms with Gasteiger partial charge < -0.3 is 14.6 Å². The first-order chi connectivity index (χ1) is 17.2. The summed E-state index contributed by atoms with van der Waals surface area (Å²) in [6.45, 7) is 5.72. The van der Waals surface area contributed by atoms with Crippen LogP contribution in [0.1, 0.15) is 52.3 Å². The van der Waals surface area contributed by atoms with Gasteiger partial charge in [0.15, 0.2) is 0 Å². The number of rotatable bonds is 8. The van der Waals surface area contributed by atoms with Crippen molar-refractivity contribution < 1.29 is 4.79 Å². The highest BCUT2D eigenvalue weighted by atomic mass is 16.1. The topological polar surface area (TPSA) is 62.5 Å². The van der Waals surface area contributed by atoms with E-state index >= 15 is 0 Å². The van der Waals surface area contributed by atoms with E-state index in [1.807, 2.05) is 72.9 Å². The zero-order valence-electron chi connectivity index (χ0n) is 20.2. The number of carbonyl (C=O) groups is 1. The second-order valence-electron chi connectivity index (χ2n) is 9.11. The molecule has 0 bridgehead atoms. The third kappa shape index (κ3) is 5.66. The van der Waals surface area contributed by atoms with Crippen LogP contribution in [0.3, 0.4) is 0 Å². The zero-order chi connectivity index (χ0) is 24.0. The number of anilines is 1. The number of nitrogens with one attached hydrogen (secondary N) is 1. The highest BCUT2D eigenvalue weighted by Gasteiger charge is 2.13. The molecule has 1 aliphatic heterocycles. The molecule has 1 amide bonds. The summed E-state index contributed by atoms with van der Waals surface area (Å²) in [4.78, 5) is 24.5. The summed E-state index contributed by atoms with van der Waals surface area (Å²) in [5, 5.41) is 3.02. The van der Waals surface area contributed by atoms with Crippen LogP contribution in [0.4, 0.5) is 5.69 Å². The Hall–Kier alpha value is -3.77. The summed E-state index contributed by atoms with van der Waals surface area (Å²) in [5.74, 6) is -0.131. The Labute approximate surface area is 206 Å². The number of benzene rings is 1. The van der Waals surface area contributed by atoms with Crippen molar-refractivity contribution in [3.63, 3.8) is 0 Å². The van der Waals surface area contributed by atoms with Gasteiger partial charge in [0.1, 0.15) is 5.65 Å². The largest absolute Gasteiger partial charge is 0.321 e. The van der Waals surface area contributed by atoms with E-state index in [2.05, 4.69) is 26.5 Å². The fourth-order valence-corrected chi connectivity index (χ4v) is 4.60. The normalized spacial score (nSPS) is 14.2. The van der Waals surface area contributed by atoms with Gasteiger partial charge in [-0.05, 0) is 100 Å². The number of amides is 1. The van der Waals surface area contributed by atoms with Gasteiger partial charge in [-0.15, -0.1) is 0 Å². The standard InChI is InChI=1S/C29H31N5O/c1-22-27(8-6-20-33-18-4-5-19-33)32-28-16-15-26(21-34(22)28)31-29(35)24-12-9-23(10-13-24)11-14-25-7-2-3-17-30-25/h2-3,7,9-17,21H,4-6,8,18-20H2,1H3,(H,31,35). The van der Waals surface area contributed by atoms with Gasteiger partial charge in [-0.2, -0.15) is 0 Å². The molecule has 1 aliphatic rings. The number of carbonyl (C=O) groups excluding carboxylic acids is 1. The molecule has 0 atom stereocenters. The maximum Gasteiger partial charge on any atom is 0.255 e. The number of nitrogens with zero attached hydrogens (tertiary/aromatic N) is 4. The van der Waals surface area contributed by atoms with E-state index < -0.39 is 0 Å². The molecule has 4 aromatic rings. The summed E-state index contributed by atoms with van der Waals surface area (Å²) in [6.07, 6.45) is 12.4. The van der Waals surface area contributed by atoms with E-state index in [9.17, 15) is 4.79 Å². The minimum Gasteiger partial charge on any atom is -0.321 e. The van der Waals surface area contributed by atoms with Gasteiger partial charge in [0, 0.05) is 23.7 Å². The Morgan fingerprint density at radius 2 is 1.86 bits per heavy atom. The lowest BCUT2D eigenvalue weighted by atomic mass is 10.1. The molecule has 35 heavy (non-hydrogen) atoms. The minimum atomic E-state index is -0.131. The van der Waals surface area contributed by atoms with Crippen molar-refractivity contribution >= 4 is 29.4 Å². The van der Waals surface area contributed by atoms with E-state index in [1.165, 1.54) is 25.9 Å². The van der Waals surface area contributed by atoms with Crippen LogP contribution in [0.15, 0.2) is 67.0 Å². The van der Waals surface area contributed by atoms with Gasteiger partial charge in [-0.1, -0.05) is 24.3 Å². The van der Waals surface area contributed by atoms with Crippen LogP contribution in [0, 0.1) is 6.92 Å². The van der Waals surface area contributed by atoms with Gasteiger partial charge >= 0.3 is 0 Å². The molecular weight excluding hydrogens is 434 g/mol. The minimum absolute atomic E-state index is 0.131. The first kappa shape index (κ1) is 23.0. The molecule has 0 unspecified atom stereocenters. The molecule has 1 aromatic carbocycles. The first-order valence-corrected chi connectivity index (χ1v) is 12.4. The maximum absolute atomic E-state index is 12.8. The molecule has 0 radical (unpaired) electrons. The third-order valence-corrected chi connectivity index (χ3v) is 6.61. The maximum atomic E-state index is 12.8. The van der Waals surface area contributed by atoms with Crippen LogP contribution in [-0.4, -0.2) is 44.8 Å². The second kappa shape index (κ2) is 10.7. The average Bonchev–Trinajstić information content (AvgIpc) is 3.52. The quantitative estimate of drug-likeness (QED) is 0.374. The SMILES string of the molecule is Cc1c(CCCN2CCCC2)nc2ccc(NC(=O)c3ccc(C=Cc4ccccn4)cc3)cn12. The predicted molar refractivity (Wildman–Crippen MR) is 141 cm³/mol. The van der Waals surface area contributed by atoms with Gasteiger partial charge in [0.25, 0.3) is 5.91 Å². The lowest BCUT2D eigenvalue weighted by Crippen LogP contribution is -2.20. The van der Waals surface area contributed by atoms with Crippen LogP contribution in [0.5, 0.6) is 0 Å². The van der Waals surface area contributed by atoms with E-state index in [4.69, 9.17) is 4.98 Å². The fraction of sp³-hybridized carbons (Fsp3) is 0.276. The van der Waals surface area contributed by atoms with E-state index in [1.54, 1.807) is 6.20 Å². The number of fused-ring (bicyclic) bond motifs is 1. The zero-order valence-corrected chi connectivity index (χ0v) is 20.2. The monoisotopic (exact) mass is 465 g/mol. The molecule has 5 rings (SSSR count). The van der Waals surface area contributed by atoms with Crippen molar-refractivity contribution in [2.45, 2.75) is 32.6 Å². The molecule has 178 valence electrons. The van der Waals surface area contributed by atoms with Crippen LogP contribution in [0.2, 0.25) is 0 Å². The number of hydrogen-bond donors (Lipinski definition) is 1. The highest BCUT2D eigenvalue weighted by Crippen LogP contribution is 2.19. The van der Waals surface area contributed by atoms with Crippen molar-refractivity contribution in [3.05, 3.63) is 95.2 Å². The molecule has 0 aliphatic carbocycles. The van der Waals surface area contributed by atoms with Gasteiger partial charge in [-0.25, -0.2) is 4.98 Å². The van der Waals surface area contributed by atoms with Crippen LogP contribution < -0.4 is 5.32 Å². The van der Waals surface area contributed by atoms with Crippen molar-refractivity contribution in [2.24, 2.45) is 0 Å². The van der Waals surface area contributed by atoms with Gasteiger partial charge in [0.05, 0.1) is 17.1 Å². The number of pyridine rings is 2. The number of imidazole rings is 1. The first-order valence-electron chi connectivity index (χ1n) is 12.4. The lowest BCUT2D eigenvalue weighted by Gasteiger charge is -2.13. The van der Waals surface area contributed by atoms with Crippen molar-refractivity contribution in [1.29, 1.82) is 0 Å². The predicted octanol–water partition coefficient (Wildman–Crippen LogP) is 5.49. The molecule has 3 aromatic heterocycles. The van der Waals surface area contributed by atoms with Crippen LogP contribution in [-0.2, 0) is 6.42 Å². The smallest absolute Gasteiger partial charge is 0.255 e. The molecular formula is C29H31N5O. The highest BCUT2D eigenvalue weighted by molar-refractivity contribution is 6.04. The molecule has 6 heteroatoms. The van der Waals surface area contributed by atoms with Gasteiger partial charge in [-0.3, -0.25) is 9.78 Å². The Kier molecular flexibility index (Phi) is 7.00. The fourth-order valence-electron chi connectivity index (χ4n) is 4.60. The average molecular weight is 466 g/mol. The number of aryl methyl sites for hydroxylation is 2. The summed E-state index contributed by atoms with van der Waals surface area (Å²) in [6, 6.07) is 17.2. The van der Waals surface area contributed by atoms with Crippen molar-refractivity contribution in [1.82, 2.24) is 19.3 Å². The summed E-state index contributed by atoms with van der Waals surface area (Å²) < 4.78 is 2.08. The lowest BCUT2D eigenvalue weighted by molar-refractivity contribution is 0.102. The summed E-state index contributed by atoms with van der Waals surface area (Å²) >= 11 is 0. The number of likely N-dealkylation sites (tertiary alicyclic amines) is 1. The molecule has 1 N–H and O–H groups in total. The number of hydrogen-bond acceptors (Lipinski definition) is 4. The molecule has 6 nitrogen and oxygen atoms in total. The van der Waals surface area contributed by atoms with E-state index in [-0.39, 0.29) is 5.91 Å². The van der Waals surface area contributed by atoms with Gasteiger partial charge in [0.2, 0.25) is 0 Å². The molecule has 0 spiro atoms. The molecule has 4 heterocycles. The Balaban J connectivity index is 1.22. The van der Waals surface area contributed by atoms with Crippen molar-refractivity contribution in [2.75, 3.05) is 25.0 Å². The molecule has 1 fully saturated rings. The molecule has 1 saturated heterocycles. The second-order valence-corrected chi connectivity index (χ2v) is 9.11. The number of aromatic nitrogens is 3. The van der Waals surface area contributed by atoms with Crippen LogP contribution >= 0.6 is 0 Å². The third-order valence-electron chi connectivity index (χ3n) is 6.61. The summed E-state index contributed by atoms with van der Waals surface area (Å²) in [5.41, 5.74) is 6.48. The molecule has 0 saturated carbocycles. The van der Waals surface area contributed by atoms with E-state index in [0.29, 0.717) is 5.56 Å². The Morgan fingerprint density at radius 1 is 1.03 bits per heavy atom. The Morgan fingerprint density at radius 3 is 2.63 bits per heavy atom. The van der Waals surface area contributed by atoms with Crippen molar-refractivity contribution in [3.8, 4) is 0 Å².